The van der Waals surface area contributed by atoms with E-state index in [9.17, 15) is 0 Å². The van der Waals surface area contributed by atoms with Gasteiger partial charge in [-0.15, -0.1) is 0 Å². The van der Waals surface area contributed by atoms with Gasteiger partial charge in [0.2, 0.25) is 0 Å². The van der Waals surface area contributed by atoms with Gasteiger partial charge in [-0.05, 0) is 36.4 Å². The molecule has 106 valence electrons. The molecule has 0 aliphatic rings. The molecule has 0 radical (unpaired) electrons. The maximum absolute atomic E-state index is 4.36. The van der Waals surface area contributed by atoms with Crippen molar-refractivity contribution in [3.8, 4) is 0 Å². The van der Waals surface area contributed by atoms with E-state index in [1.54, 1.807) is 0 Å². The van der Waals surface area contributed by atoms with Crippen LogP contribution < -0.4 is 10.2 Å². The fourth-order valence-electron chi connectivity index (χ4n) is 2.09. The summed E-state index contributed by atoms with van der Waals surface area (Å²) in [6, 6.07) is 14.8. The molecule has 20 heavy (non-hydrogen) atoms. The number of likely N-dealkylation sites (N-methyl/N-ethyl adjacent to an activating group) is 1. The molecule has 0 amide bonds. The van der Waals surface area contributed by atoms with Crippen molar-refractivity contribution in [1.29, 1.82) is 0 Å². The Hall–Kier alpha value is -1.87. The molecule has 1 N–H and O–H groups in total. The smallest absolute Gasteiger partial charge is 0.0421 e. The molecule has 0 spiro atoms. The van der Waals surface area contributed by atoms with Crippen LogP contribution in [-0.4, -0.2) is 25.1 Å². The Bertz CT molecular complexity index is 493. The second kappa shape index (κ2) is 7.65. The van der Waals surface area contributed by atoms with Crippen LogP contribution in [0.1, 0.15) is 18.2 Å². The van der Waals surface area contributed by atoms with Gasteiger partial charge in [0.25, 0.3) is 0 Å². The molecule has 0 fully saturated rings. The molecular formula is C17H23N3. The fourth-order valence-corrected chi connectivity index (χ4v) is 2.09. The molecule has 0 bridgehead atoms. The number of anilines is 1. The van der Waals surface area contributed by atoms with Crippen LogP contribution in [0.25, 0.3) is 0 Å². The Morgan fingerprint density at radius 2 is 1.90 bits per heavy atom. The summed E-state index contributed by atoms with van der Waals surface area (Å²) < 4.78 is 0. The van der Waals surface area contributed by atoms with E-state index >= 15 is 0 Å². The fraction of sp³-hybridized carbons (Fsp3) is 0.353. The molecule has 3 nitrogen and oxygen atoms in total. The van der Waals surface area contributed by atoms with Crippen molar-refractivity contribution in [1.82, 2.24) is 10.3 Å². The minimum Gasteiger partial charge on any atom is -0.374 e. The van der Waals surface area contributed by atoms with Crippen LogP contribution in [0, 0.1) is 0 Å². The number of hydrogen-bond donors (Lipinski definition) is 1. The third kappa shape index (κ3) is 4.35. The quantitative estimate of drug-likeness (QED) is 0.837. The Morgan fingerprint density at radius 1 is 1.10 bits per heavy atom. The van der Waals surface area contributed by atoms with Crippen molar-refractivity contribution in [2.24, 2.45) is 0 Å². The summed E-state index contributed by atoms with van der Waals surface area (Å²) >= 11 is 0. The lowest BCUT2D eigenvalue weighted by Crippen LogP contribution is -2.20. The molecule has 3 heteroatoms. The molecule has 0 aliphatic heterocycles. The minimum absolute atomic E-state index is 0.939. The Labute approximate surface area is 121 Å². The zero-order valence-corrected chi connectivity index (χ0v) is 12.3. The lowest BCUT2D eigenvalue weighted by Gasteiger charge is -2.19. The maximum atomic E-state index is 4.36. The van der Waals surface area contributed by atoms with E-state index in [-0.39, 0.29) is 0 Å². The molecule has 0 unspecified atom stereocenters. The highest BCUT2D eigenvalue weighted by molar-refractivity contribution is 5.46. The number of hydrogen-bond acceptors (Lipinski definition) is 3. The van der Waals surface area contributed by atoms with Crippen molar-refractivity contribution >= 4 is 5.69 Å². The van der Waals surface area contributed by atoms with Gasteiger partial charge in [-0.25, -0.2) is 0 Å². The zero-order chi connectivity index (χ0) is 14.2. The standard InChI is InChI=1S/C17H23N3/c1-3-18-14-15-7-9-17(10-8-15)20(2)13-11-16-6-4-5-12-19-16/h4-10,12,18H,3,11,13-14H2,1-2H3. The summed E-state index contributed by atoms with van der Waals surface area (Å²) in [5.41, 5.74) is 3.72. The summed E-state index contributed by atoms with van der Waals surface area (Å²) in [5.74, 6) is 0. The molecule has 1 aromatic carbocycles. The van der Waals surface area contributed by atoms with Gasteiger partial charge >= 0.3 is 0 Å². The van der Waals surface area contributed by atoms with Crippen LogP contribution in [-0.2, 0) is 13.0 Å². The van der Waals surface area contributed by atoms with Gasteiger partial charge < -0.3 is 10.2 Å². The van der Waals surface area contributed by atoms with Crippen molar-refractivity contribution < 1.29 is 0 Å². The predicted molar refractivity (Wildman–Crippen MR) is 85.0 cm³/mol. The largest absolute Gasteiger partial charge is 0.374 e. The van der Waals surface area contributed by atoms with E-state index in [0.29, 0.717) is 0 Å². The summed E-state index contributed by atoms with van der Waals surface area (Å²) in [6.45, 7) is 5.05. The Morgan fingerprint density at radius 3 is 2.55 bits per heavy atom. The first-order valence-corrected chi connectivity index (χ1v) is 7.20. The number of nitrogens with one attached hydrogen (secondary N) is 1. The highest BCUT2D eigenvalue weighted by atomic mass is 15.1. The SMILES string of the molecule is CCNCc1ccc(N(C)CCc2ccccn2)cc1. The molecule has 1 heterocycles. The molecule has 0 saturated carbocycles. The molecule has 2 rings (SSSR count). The van der Waals surface area contributed by atoms with E-state index in [1.807, 2.05) is 18.3 Å². The first-order valence-electron chi connectivity index (χ1n) is 7.20. The average Bonchev–Trinajstić information content (AvgIpc) is 2.52. The van der Waals surface area contributed by atoms with Gasteiger partial charge in [0.15, 0.2) is 0 Å². The number of benzene rings is 1. The molecule has 1 aromatic heterocycles. The van der Waals surface area contributed by atoms with E-state index in [1.165, 1.54) is 11.3 Å². The third-order valence-corrected chi connectivity index (χ3v) is 3.39. The van der Waals surface area contributed by atoms with E-state index < -0.39 is 0 Å². The summed E-state index contributed by atoms with van der Waals surface area (Å²) in [7, 11) is 2.13. The van der Waals surface area contributed by atoms with Crippen molar-refractivity contribution in [2.75, 3.05) is 25.0 Å². The molecular weight excluding hydrogens is 246 g/mol. The summed E-state index contributed by atoms with van der Waals surface area (Å²) in [5, 5.41) is 3.34. The Kier molecular flexibility index (Phi) is 5.56. The minimum atomic E-state index is 0.939. The van der Waals surface area contributed by atoms with Crippen LogP contribution in [0.2, 0.25) is 0 Å². The predicted octanol–water partition coefficient (Wildman–Crippen LogP) is 2.87. The maximum Gasteiger partial charge on any atom is 0.0421 e. The zero-order valence-electron chi connectivity index (χ0n) is 12.3. The highest BCUT2D eigenvalue weighted by Crippen LogP contribution is 2.14. The van der Waals surface area contributed by atoms with Crippen LogP contribution >= 0.6 is 0 Å². The second-order valence-corrected chi connectivity index (χ2v) is 4.94. The average molecular weight is 269 g/mol. The van der Waals surface area contributed by atoms with Crippen LogP contribution in [0.5, 0.6) is 0 Å². The third-order valence-electron chi connectivity index (χ3n) is 3.39. The lowest BCUT2D eigenvalue weighted by molar-refractivity contribution is 0.726. The first-order chi connectivity index (χ1) is 9.79. The topological polar surface area (TPSA) is 28.2 Å². The van der Waals surface area contributed by atoms with Gasteiger partial charge in [0.05, 0.1) is 0 Å². The summed E-state index contributed by atoms with van der Waals surface area (Å²) in [4.78, 5) is 6.63. The van der Waals surface area contributed by atoms with Gasteiger partial charge in [-0.1, -0.05) is 25.1 Å². The number of rotatable bonds is 7. The van der Waals surface area contributed by atoms with E-state index in [0.717, 1.165) is 31.7 Å². The van der Waals surface area contributed by atoms with Crippen LogP contribution in [0.15, 0.2) is 48.7 Å². The normalized spacial score (nSPS) is 10.5. The van der Waals surface area contributed by atoms with Gasteiger partial charge in [0, 0.05) is 44.1 Å². The first kappa shape index (κ1) is 14.5. The highest BCUT2D eigenvalue weighted by Gasteiger charge is 2.02. The van der Waals surface area contributed by atoms with Crippen LogP contribution in [0.3, 0.4) is 0 Å². The van der Waals surface area contributed by atoms with Gasteiger partial charge in [-0.2, -0.15) is 0 Å². The molecule has 0 atom stereocenters. The van der Waals surface area contributed by atoms with Gasteiger partial charge in [0.1, 0.15) is 0 Å². The van der Waals surface area contributed by atoms with Gasteiger partial charge in [-0.3, -0.25) is 4.98 Å². The van der Waals surface area contributed by atoms with Crippen molar-refractivity contribution in [3.05, 3.63) is 59.9 Å². The molecule has 0 aliphatic carbocycles. The van der Waals surface area contributed by atoms with E-state index in [2.05, 4.69) is 59.5 Å². The van der Waals surface area contributed by atoms with Crippen LogP contribution in [0.4, 0.5) is 5.69 Å². The molecule has 0 saturated heterocycles. The van der Waals surface area contributed by atoms with Crippen molar-refractivity contribution in [2.45, 2.75) is 19.9 Å². The second-order valence-electron chi connectivity index (χ2n) is 4.94. The summed E-state index contributed by atoms with van der Waals surface area (Å²) in [6.07, 6.45) is 2.82. The molecule has 2 aromatic rings. The lowest BCUT2D eigenvalue weighted by atomic mass is 10.2. The Balaban J connectivity index is 1.87. The number of nitrogens with zero attached hydrogens (tertiary/aromatic N) is 2. The van der Waals surface area contributed by atoms with E-state index in [4.69, 9.17) is 0 Å². The monoisotopic (exact) mass is 269 g/mol. The number of aromatic nitrogens is 1. The number of pyridine rings is 1. The van der Waals surface area contributed by atoms with Crippen molar-refractivity contribution in [3.63, 3.8) is 0 Å².